The van der Waals surface area contributed by atoms with E-state index in [4.69, 9.17) is 11.6 Å². The molecule has 3 rings (SSSR count). The number of aliphatic hydroxyl groups is 1. The van der Waals surface area contributed by atoms with Crippen LogP contribution >= 0.6 is 24.4 Å². The lowest BCUT2D eigenvalue weighted by Gasteiger charge is -2.11. The van der Waals surface area contributed by atoms with Crippen LogP contribution < -0.4 is 4.72 Å². The zero-order chi connectivity index (χ0) is 22.1. The molecule has 2 aromatic carbocycles. The van der Waals surface area contributed by atoms with Crippen LogP contribution in [0.15, 0.2) is 42.6 Å². The molecule has 0 spiro atoms. The van der Waals surface area contributed by atoms with E-state index in [1.54, 1.807) is 12.3 Å². The molecule has 0 fully saturated rings. The van der Waals surface area contributed by atoms with Crippen molar-refractivity contribution in [3.05, 3.63) is 64.8 Å². The van der Waals surface area contributed by atoms with Crippen LogP contribution in [0.25, 0.3) is 22.6 Å². The van der Waals surface area contributed by atoms with Crippen molar-refractivity contribution in [3.8, 4) is 22.6 Å². The van der Waals surface area contributed by atoms with Gasteiger partial charge in [-0.1, -0.05) is 44.3 Å². The Balaban J connectivity index is 0.00000155. The number of hydrogen-bond donors (Lipinski definition) is 4. The Morgan fingerprint density at radius 2 is 1.83 bits per heavy atom. The Kier molecular flexibility index (Phi) is 9.78. The molecule has 8 heteroatoms. The zero-order valence-electron chi connectivity index (χ0n) is 16.9. The highest BCUT2D eigenvalue weighted by Gasteiger charge is 2.11. The lowest BCUT2D eigenvalue weighted by Crippen LogP contribution is -2.14. The van der Waals surface area contributed by atoms with Gasteiger partial charge < -0.3 is 10.1 Å². The van der Waals surface area contributed by atoms with Gasteiger partial charge in [-0.05, 0) is 60.7 Å². The van der Waals surface area contributed by atoms with Gasteiger partial charge in [-0.15, -0.1) is 0 Å². The number of nitrogens with zero attached hydrogens (tertiary/aromatic N) is 1. The van der Waals surface area contributed by atoms with E-state index in [0.717, 1.165) is 29.0 Å². The maximum atomic E-state index is 13.5. The number of aromatic nitrogens is 2. The van der Waals surface area contributed by atoms with Gasteiger partial charge in [0.15, 0.2) is 11.6 Å². The summed E-state index contributed by atoms with van der Waals surface area (Å²) in [5, 5.41) is 10.6. The number of hydrogen-bond acceptors (Lipinski definition) is 4. The number of imidazole rings is 1. The van der Waals surface area contributed by atoms with E-state index in [9.17, 15) is 13.9 Å². The summed E-state index contributed by atoms with van der Waals surface area (Å²) in [6, 6.07) is 9.24. The van der Waals surface area contributed by atoms with E-state index in [-0.39, 0.29) is 0 Å². The van der Waals surface area contributed by atoms with Gasteiger partial charge in [0, 0.05) is 17.1 Å². The number of thiol groups is 1. The van der Waals surface area contributed by atoms with E-state index < -0.39 is 17.7 Å². The third kappa shape index (κ3) is 6.54. The van der Waals surface area contributed by atoms with Gasteiger partial charge in [-0.2, -0.15) is 0 Å². The lowest BCUT2D eigenvalue weighted by atomic mass is 10.0. The van der Waals surface area contributed by atoms with Gasteiger partial charge in [0.2, 0.25) is 0 Å². The molecular formula is C22H26ClF2N3OS. The Morgan fingerprint density at radius 1 is 1.10 bits per heavy atom. The van der Waals surface area contributed by atoms with Crippen LogP contribution in [0.3, 0.4) is 0 Å². The molecule has 1 aromatic heterocycles. The summed E-state index contributed by atoms with van der Waals surface area (Å²) in [5.41, 5.74) is 2.98. The fourth-order valence-electron chi connectivity index (χ4n) is 2.89. The normalized spacial score (nSPS) is 11.7. The number of aryl methyl sites for hydroxylation is 1. The summed E-state index contributed by atoms with van der Waals surface area (Å²) in [5.74, 6) is -1.37. The van der Waals surface area contributed by atoms with Crippen LogP contribution in [0.5, 0.6) is 0 Å². The molecule has 0 aliphatic carbocycles. The summed E-state index contributed by atoms with van der Waals surface area (Å²) in [6.07, 6.45) is 3.02. The van der Waals surface area contributed by atoms with Gasteiger partial charge in [0.1, 0.15) is 5.82 Å². The Bertz CT molecular complexity index is 952. The van der Waals surface area contributed by atoms with Gasteiger partial charge in [0.25, 0.3) is 0 Å². The molecule has 4 nitrogen and oxygen atoms in total. The van der Waals surface area contributed by atoms with E-state index >= 15 is 0 Å². The number of halogens is 3. The van der Waals surface area contributed by atoms with Crippen molar-refractivity contribution in [1.29, 1.82) is 0 Å². The molecular weight excluding hydrogens is 428 g/mol. The molecule has 1 atom stereocenters. The van der Waals surface area contributed by atoms with E-state index in [1.165, 1.54) is 6.07 Å². The average molecular weight is 454 g/mol. The maximum Gasteiger partial charge on any atom is 0.159 e. The second-order valence-corrected chi connectivity index (χ2v) is 7.19. The molecule has 1 unspecified atom stereocenters. The van der Waals surface area contributed by atoms with Crippen molar-refractivity contribution in [2.24, 2.45) is 0 Å². The first-order valence-electron chi connectivity index (χ1n) is 9.82. The standard InChI is InChI=1S/C20H20ClF2N3OS.C2H6/c21-16-5-2-13(9-12(16)1-4-15(27)7-8-25-28)19-11-24-20(26-19)14-3-6-17(22)18(23)10-14;1-2/h2-3,5-6,9-11,15,25,27-28H,1,4,7-8H2,(H,24,26);1-2H3. The van der Waals surface area contributed by atoms with Gasteiger partial charge in [0.05, 0.1) is 18.0 Å². The molecule has 162 valence electrons. The minimum absolute atomic E-state index is 0.438. The quantitative estimate of drug-likeness (QED) is 0.325. The maximum absolute atomic E-state index is 13.5. The van der Waals surface area contributed by atoms with E-state index in [1.807, 2.05) is 26.0 Å². The topological polar surface area (TPSA) is 60.9 Å². The minimum atomic E-state index is -0.920. The van der Waals surface area contributed by atoms with Crippen molar-refractivity contribution < 1.29 is 13.9 Å². The van der Waals surface area contributed by atoms with E-state index in [2.05, 4.69) is 27.5 Å². The van der Waals surface area contributed by atoms with Crippen molar-refractivity contribution in [3.63, 3.8) is 0 Å². The predicted octanol–water partition coefficient (Wildman–Crippen LogP) is 5.82. The van der Waals surface area contributed by atoms with Crippen LogP contribution in [-0.2, 0) is 6.42 Å². The molecule has 0 saturated carbocycles. The van der Waals surface area contributed by atoms with E-state index in [0.29, 0.717) is 42.2 Å². The Labute approximate surface area is 186 Å². The smallest absolute Gasteiger partial charge is 0.159 e. The third-order valence-corrected chi connectivity index (χ3v) is 5.05. The number of aromatic amines is 1. The number of nitrogens with one attached hydrogen (secondary N) is 2. The van der Waals surface area contributed by atoms with Crippen LogP contribution in [0.4, 0.5) is 8.78 Å². The SMILES string of the molecule is CC.OC(CCNS)CCc1cc(-c2cnc(-c3ccc(F)c(F)c3)[nH]2)ccc1Cl. The molecule has 0 aliphatic heterocycles. The summed E-state index contributed by atoms with van der Waals surface area (Å²) in [4.78, 5) is 7.38. The van der Waals surface area contributed by atoms with Gasteiger partial charge in [-0.25, -0.2) is 13.8 Å². The highest BCUT2D eigenvalue weighted by atomic mass is 35.5. The number of rotatable bonds is 8. The van der Waals surface area contributed by atoms with Crippen LogP contribution in [0.2, 0.25) is 5.02 Å². The second kappa shape index (κ2) is 12.1. The number of H-pyrrole nitrogens is 1. The Hall–Kier alpha value is -1.93. The molecule has 1 heterocycles. The number of benzene rings is 2. The molecule has 0 radical (unpaired) electrons. The number of aliphatic hydroxyl groups excluding tert-OH is 1. The largest absolute Gasteiger partial charge is 0.393 e. The highest BCUT2D eigenvalue weighted by Crippen LogP contribution is 2.28. The predicted molar refractivity (Wildman–Crippen MR) is 122 cm³/mol. The van der Waals surface area contributed by atoms with Crippen LogP contribution in [0.1, 0.15) is 32.3 Å². The second-order valence-electron chi connectivity index (χ2n) is 6.47. The van der Waals surface area contributed by atoms with Crippen molar-refractivity contribution >= 4 is 24.4 Å². The first kappa shape index (κ1) is 24.3. The van der Waals surface area contributed by atoms with Crippen molar-refractivity contribution in [2.45, 2.75) is 39.2 Å². The molecule has 0 bridgehead atoms. The molecule has 3 N–H and O–H groups in total. The average Bonchev–Trinajstić information content (AvgIpc) is 3.25. The summed E-state index contributed by atoms with van der Waals surface area (Å²) in [7, 11) is 0. The molecule has 3 aromatic rings. The van der Waals surface area contributed by atoms with Crippen LogP contribution in [0, 0.1) is 11.6 Å². The monoisotopic (exact) mass is 453 g/mol. The molecule has 0 saturated heterocycles. The van der Waals surface area contributed by atoms with Crippen molar-refractivity contribution in [1.82, 2.24) is 14.7 Å². The van der Waals surface area contributed by atoms with Crippen molar-refractivity contribution in [2.75, 3.05) is 6.54 Å². The van der Waals surface area contributed by atoms with Gasteiger partial charge >= 0.3 is 0 Å². The highest BCUT2D eigenvalue weighted by molar-refractivity contribution is 7.78. The molecule has 0 amide bonds. The first-order chi connectivity index (χ1) is 14.5. The molecule has 0 aliphatic rings. The van der Waals surface area contributed by atoms with Gasteiger partial charge in [-0.3, -0.25) is 4.72 Å². The molecule has 30 heavy (non-hydrogen) atoms. The summed E-state index contributed by atoms with van der Waals surface area (Å²) >= 11 is 10.2. The fourth-order valence-corrected chi connectivity index (χ4v) is 3.23. The summed E-state index contributed by atoms with van der Waals surface area (Å²) in [6.45, 7) is 4.62. The zero-order valence-corrected chi connectivity index (χ0v) is 18.6. The fraction of sp³-hybridized carbons (Fsp3) is 0.318. The summed E-state index contributed by atoms with van der Waals surface area (Å²) < 4.78 is 29.3. The third-order valence-electron chi connectivity index (χ3n) is 4.46. The minimum Gasteiger partial charge on any atom is -0.393 e. The lowest BCUT2D eigenvalue weighted by molar-refractivity contribution is 0.156. The van der Waals surface area contributed by atoms with Crippen LogP contribution in [-0.4, -0.2) is 27.7 Å². The first-order valence-corrected chi connectivity index (χ1v) is 10.6. The Morgan fingerprint density at radius 3 is 2.53 bits per heavy atom.